The number of halogens is 1. The van der Waals surface area contributed by atoms with Gasteiger partial charge >= 0.3 is 0 Å². The highest BCUT2D eigenvalue weighted by atomic mass is 35.5. The molecule has 0 heterocycles. The summed E-state index contributed by atoms with van der Waals surface area (Å²) in [6, 6.07) is 7.04. The molecule has 0 amide bonds. The second kappa shape index (κ2) is 5.63. The van der Waals surface area contributed by atoms with Gasteiger partial charge in [0.25, 0.3) is 0 Å². The van der Waals surface area contributed by atoms with Gasteiger partial charge < -0.3 is 5.73 Å². The fourth-order valence-electron chi connectivity index (χ4n) is 1.10. The van der Waals surface area contributed by atoms with Gasteiger partial charge in [-0.05, 0) is 24.6 Å². The Balaban J connectivity index is 2.65. The second-order valence-corrected chi connectivity index (χ2v) is 6.16. The van der Waals surface area contributed by atoms with Crippen LogP contribution in [-0.4, -0.2) is 20.2 Å². The van der Waals surface area contributed by atoms with Crippen LogP contribution in [0.1, 0.15) is 12.5 Å². The first-order chi connectivity index (χ1) is 7.45. The van der Waals surface area contributed by atoms with Crippen LogP contribution in [0.3, 0.4) is 0 Å². The molecule has 0 aliphatic rings. The van der Waals surface area contributed by atoms with Gasteiger partial charge in [0, 0.05) is 18.1 Å². The molecule has 0 saturated carbocycles. The highest BCUT2D eigenvalue weighted by Gasteiger charge is 2.18. The van der Waals surface area contributed by atoms with Gasteiger partial charge in [-0.15, -0.1) is 0 Å². The summed E-state index contributed by atoms with van der Waals surface area (Å²) in [6.07, 6.45) is 0. The lowest BCUT2D eigenvalue weighted by atomic mass is 10.2. The van der Waals surface area contributed by atoms with Crippen molar-refractivity contribution in [3.05, 3.63) is 34.9 Å². The molecule has 0 radical (unpaired) electrons. The number of hydrogen-bond donors (Lipinski definition) is 2. The lowest BCUT2D eigenvalue weighted by Gasteiger charge is -2.11. The summed E-state index contributed by atoms with van der Waals surface area (Å²) in [5, 5.41) is -0.00439. The molecule has 1 aromatic rings. The highest BCUT2D eigenvalue weighted by Crippen LogP contribution is 2.10. The Hall–Kier alpha value is -0.620. The monoisotopic (exact) mass is 262 g/mol. The van der Waals surface area contributed by atoms with Gasteiger partial charge in [-0.3, -0.25) is 0 Å². The van der Waals surface area contributed by atoms with Crippen LogP contribution in [0.2, 0.25) is 5.02 Å². The summed E-state index contributed by atoms with van der Waals surface area (Å²) in [5.41, 5.74) is 6.13. The molecule has 3 N–H and O–H groups in total. The van der Waals surface area contributed by atoms with Crippen molar-refractivity contribution in [3.63, 3.8) is 0 Å². The molecular formula is C10H15ClN2O2S. The highest BCUT2D eigenvalue weighted by molar-refractivity contribution is 7.90. The summed E-state index contributed by atoms with van der Waals surface area (Å²) in [6.45, 7) is 1.90. The van der Waals surface area contributed by atoms with E-state index in [1.165, 1.54) is 0 Å². The molecule has 90 valence electrons. The number of sulfonamides is 1. The Bertz CT molecular complexity index is 448. The molecule has 1 aromatic carbocycles. The molecule has 6 heteroatoms. The maximum Gasteiger partial charge on any atom is 0.215 e. The topological polar surface area (TPSA) is 72.2 Å². The molecule has 4 nitrogen and oxygen atoms in total. The van der Waals surface area contributed by atoms with E-state index in [1.807, 2.05) is 6.07 Å². The van der Waals surface area contributed by atoms with Crippen LogP contribution in [0.4, 0.5) is 0 Å². The first kappa shape index (κ1) is 13.4. The zero-order valence-corrected chi connectivity index (χ0v) is 10.6. The van der Waals surface area contributed by atoms with Gasteiger partial charge in [0.1, 0.15) is 0 Å². The van der Waals surface area contributed by atoms with Gasteiger partial charge in [0.15, 0.2) is 0 Å². The molecule has 0 spiro atoms. The van der Waals surface area contributed by atoms with Crippen LogP contribution < -0.4 is 10.5 Å². The lowest BCUT2D eigenvalue weighted by molar-refractivity contribution is 0.568. The maximum atomic E-state index is 11.6. The van der Waals surface area contributed by atoms with Crippen LogP contribution in [0.5, 0.6) is 0 Å². The van der Waals surface area contributed by atoms with Crippen molar-refractivity contribution in [2.75, 3.05) is 6.54 Å². The molecule has 1 rings (SSSR count). The van der Waals surface area contributed by atoms with Gasteiger partial charge in [-0.2, -0.15) is 0 Å². The summed E-state index contributed by atoms with van der Waals surface area (Å²) in [7, 11) is -3.34. The molecule has 16 heavy (non-hydrogen) atoms. The largest absolute Gasteiger partial charge is 0.329 e. The minimum absolute atomic E-state index is 0.102. The van der Waals surface area contributed by atoms with E-state index in [0.29, 0.717) is 5.02 Å². The fraction of sp³-hybridized carbons (Fsp3) is 0.400. The number of rotatable bonds is 5. The maximum absolute atomic E-state index is 11.6. The quantitative estimate of drug-likeness (QED) is 0.835. The van der Waals surface area contributed by atoms with Gasteiger partial charge in [-0.25, -0.2) is 13.1 Å². The minimum atomic E-state index is -3.34. The van der Waals surface area contributed by atoms with Crippen molar-refractivity contribution in [1.82, 2.24) is 4.72 Å². The van der Waals surface area contributed by atoms with Gasteiger partial charge in [0.05, 0.1) is 5.25 Å². The van der Waals surface area contributed by atoms with E-state index >= 15 is 0 Å². The van der Waals surface area contributed by atoms with E-state index in [1.54, 1.807) is 25.1 Å². The third kappa shape index (κ3) is 3.75. The van der Waals surface area contributed by atoms with Crippen molar-refractivity contribution < 1.29 is 8.42 Å². The molecule has 1 unspecified atom stereocenters. The summed E-state index contributed by atoms with van der Waals surface area (Å²) in [4.78, 5) is 0. The molecule has 0 aromatic heterocycles. The normalized spacial score (nSPS) is 13.7. The Labute approximate surface area is 101 Å². The van der Waals surface area contributed by atoms with Crippen LogP contribution >= 0.6 is 11.6 Å². The van der Waals surface area contributed by atoms with Crippen LogP contribution in [-0.2, 0) is 16.6 Å². The van der Waals surface area contributed by atoms with Crippen molar-refractivity contribution in [1.29, 1.82) is 0 Å². The Morgan fingerprint density at radius 2 is 2.19 bits per heavy atom. The Morgan fingerprint density at radius 1 is 1.50 bits per heavy atom. The number of hydrogen-bond acceptors (Lipinski definition) is 3. The van der Waals surface area contributed by atoms with E-state index in [-0.39, 0.29) is 13.1 Å². The minimum Gasteiger partial charge on any atom is -0.329 e. The van der Waals surface area contributed by atoms with Crippen LogP contribution in [0.25, 0.3) is 0 Å². The fourth-order valence-corrected chi connectivity index (χ4v) is 2.22. The molecule has 0 fully saturated rings. The summed E-state index contributed by atoms with van der Waals surface area (Å²) < 4.78 is 25.7. The third-order valence-corrected chi connectivity index (χ3v) is 4.26. The Kier molecular flexibility index (Phi) is 4.73. The van der Waals surface area contributed by atoms with E-state index in [9.17, 15) is 8.42 Å². The van der Waals surface area contributed by atoms with Crippen LogP contribution in [0, 0.1) is 0 Å². The van der Waals surface area contributed by atoms with Crippen molar-refractivity contribution >= 4 is 21.6 Å². The molecular weight excluding hydrogens is 248 g/mol. The van der Waals surface area contributed by atoms with Crippen molar-refractivity contribution in [3.8, 4) is 0 Å². The summed E-state index contributed by atoms with van der Waals surface area (Å²) >= 11 is 5.79. The first-order valence-electron chi connectivity index (χ1n) is 4.88. The summed E-state index contributed by atoms with van der Waals surface area (Å²) in [5.74, 6) is 0. The smallest absolute Gasteiger partial charge is 0.215 e. The SMILES string of the molecule is CC(CN)S(=O)(=O)NCc1cccc(Cl)c1. The third-order valence-electron chi connectivity index (χ3n) is 2.23. The number of benzene rings is 1. The second-order valence-electron chi connectivity index (χ2n) is 3.54. The van der Waals surface area contributed by atoms with Gasteiger partial charge in [0.2, 0.25) is 10.0 Å². The first-order valence-corrected chi connectivity index (χ1v) is 6.81. The van der Waals surface area contributed by atoms with Crippen LogP contribution in [0.15, 0.2) is 24.3 Å². The van der Waals surface area contributed by atoms with E-state index < -0.39 is 15.3 Å². The zero-order chi connectivity index (χ0) is 12.2. The molecule has 0 bridgehead atoms. The predicted octanol–water partition coefficient (Wildman–Crippen LogP) is 1.11. The average molecular weight is 263 g/mol. The average Bonchev–Trinajstić information content (AvgIpc) is 2.25. The Morgan fingerprint density at radius 3 is 2.75 bits per heavy atom. The molecule has 0 aliphatic heterocycles. The zero-order valence-electron chi connectivity index (χ0n) is 8.98. The number of nitrogens with one attached hydrogen (secondary N) is 1. The van der Waals surface area contributed by atoms with Crippen molar-refractivity contribution in [2.24, 2.45) is 5.73 Å². The van der Waals surface area contributed by atoms with Crippen molar-refractivity contribution in [2.45, 2.75) is 18.7 Å². The molecule has 0 saturated heterocycles. The van der Waals surface area contributed by atoms with E-state index in [0.717, 1.165) is 5.56 Å². The lowest BCUT2D eigenvalue weighted by Crippen LogP contribution is -2.36. The predicted molar refractivity (Wildman–Crippen MR) is 65.7 cm³/mol. The van der Waals surface area contributed by atoms with E-state index in [4.69, 9.17) is 17.3 Å². The standard InChI is InChI=1S/C10H15ClN2O2S/c1-8(6-12)16(14,15)13-7-9-3-2-4-10(11)5-9/h2-5,8,13H,6-7,12H2,1H3. The van der Waals surface area contributed by atoms with E-state index in [2.05, 4.69) is 4.72 Å². The molecule has 0 aliphatic carbocycles. The molecule has 1 atom stereocenters. The number of nitrogens with two attached hydrogens (primary N) is 1. The van der Waals surface area contributed by atoms with Gasteiger partial charge in [-0.1, -0.05) is 23.7 Å².